The molecule has 2 amide bonds. The van der Waals surface area contributed by atoms with Crippen LogP contribution in [0.2, 0.25) is 0 Å². The number of carbonyl (C=O) groups excluding carboxylic acids is 4. The number of phenolic OH excluding ortho intramolecular Hbond substituents is 1. The van der Waals surface area contributed by atoms with Crippen LogP contribution in [0.1, 0.15) is 55.5 Å². The Kier molecular flexibility index (Phi) is 6.08. The Labute approximate surface area is 253 Å². The van der Waals surface area contributed by atoms with E-state index in [1.54, 1.807) is 26.0 Å². The van der Waals surface area contributed by atoms with Crippen molar-refractivity contribution in [3.63, 3.8) is 0 Å². The van der Waals surface area contributed by atoms with E-state index in [0.29, 0.717) is 16.5 Å². The largest absolute Gasteiger partial charge is 0.507 e. The van der Waals surface area contributed by atoms with Crippen molar-refractivity contribution >= 4 is 45.8 Å². The second-order valence-corrected chi connectivity index (χ2v) is 12.7. The molecule has 3 aromatic rings. The number of hydrogen-bond acceptors (Lipinski definition) is 6. The number of carbonyl (C=O) groups is 5. The van der Waals surface area contributed by atoms with Crippen molar-refractivity contribution in [3.8, 4) is 5.75 Å². The number of nitrogens with zero attached hydrogens (tertiary/aromatic N) is 1. The van der Waals surface area contributed by atoms with E-state index in [2.05, 4.69) is 0 Å². The zero-order chi connectivity index (χ0) is 31.2. The molecule has 1 aliphatic heterocycles. The third-order valence-electron chi connectivity index (χ3n) is 10.8. The maximum atomic E-state index is 14.3. The van der Waals surface area contributed by atoms with Crippen LogP contribution in [0.15, 0.2) is 83.5 Å². The third kappa shape index (κ3) is 3.60. The van der Waals surface area contributed by atoms with E-state index in [4.69, 9.17) is 0 Å². The fourth-order valence-electron chi connectivity index (χ4n) is 8.51. The Morgan fingerprint density at radius 1 is 0.886 bits per heavy atom. The number of hydrogen-bond donors (Lipinski definition) is 2. The monoisotopic (exact) mass is 589 g/mol. The highest BCUT2D eigenvalue weighted by Gasteiger charge is 2.64. The van der Waals surface area contributed by atoms with E-state index in [9.17, 15) is 34.2 Å². The number of rotatable bonds is 3. The second kappa shape index (κ2) is 9.58. The highest BCUT2D eigenvalue weighted by atomic mass is 16.4. The Balaban J connectivity index is 1.42. The van der Waals surface area contributed by atoms with Crippen molar-refractivity contribution in [2.75, 3.05) is 4.90 Å². The van der Waals surface area contributed by atoms with Crippen LogP contribution < -0.4 is 4.90 Å². The lowest BCUT2D eigenvalue weighted by molar-refractivity contribution is -0.142. The summed E-state index contributed by atoms with van der Waals surface area (Å²) < 4.78 is 0. The second-order valence-electron chi connectivity index (χ2n) is 12.7. The fraction of sp³-hybridized carbons (Fsp3) is 0.306. The number of aromatic hydroxyl groups is 1. The summed E-state index contributed by atoms with van der Waals surface area (Å²) in [4.78, 5) is 69.1. The summed E-state index contributed by atoms with van der Waals surface area (Å²) in [6.45, 7) is 5.23. The number of anilines is 1. The third-order valence-corrected chi connectivity index (χ3v) is 10.8. The number of imide groups is 1. The Morgan fingerprint density at radius 2 is 1.61 bits per heavy atom. The molecule has 4 aliphatic rings. The summed E-state index contributed by atoms with van der Waals surface area (Å²) in [6.07, 6.45) is 2.51. The number of amides is 2. The number of ketones is 2. The molecule has 1 heterocycles. The first-order valence-corrected chi connectivity index (χ1v) is 14.8. The van der Waals surface area contributed by atoms with Gasteiger partial charge in [-0.05, 0) is 79.0 Å². The molecule has 0 spiro atoms. The van der Waals surface area contributed by atoms with Crippen LogP contribution in [0, 0.1) is 29.1 Å². The number of allylic oxidation sites excluding steroid dienone is 4. The van der Waals surface area contributed by atoms with E-state index in [0.717, 1.165) is 21.4 Å². The van der Waals surface area contributed by atoms with Gasteiger partial charge >= 0.3 is 5.97 Å². The summed E-state index contributed by atoms with van der Waals surface area (Å²) in [5.74, 6) is -5.33. The maximum absolute atomic E-state index is 14.3. The fourth-order valence-corrected chi connectivity index (χ4v) is 8.51. The lowest BCUT2D eigenvalue weighted by Gasteiger charge is -2.54. The minimum absolute atomic E-state index is 0.0339. The molecule has 2 N–H and O–H groups in total. The molecule has 0 aromatic heterocycles. The molecule has 1 saturated heterocycles. The zero-order valence-corrected chi connectivity index (χ0v) is 24.5. The number of fused-ring (bicyclic) bond motifs is 5. The molecule has 2 fully saturated rings. The van der Waals surface area contributed by atoms with Gasteiger partial charge in [-0.3, -0.25) is 24.1 Å². The molecule has 8 nitrogen and oxygen atoms in total. The predicted octanol–water partition coefficient (Wildman–Crippen LogP) is 5.59. The lowest BCUT2D eigenvalue weighted by atomic mass is 9.46. The molecule has 6 atom stereocenters. The molecule has 3 aromatic carbocycles. The van der Waals surface area contributed by atoms with Crippen LogP contribution in [0.5, 0.6) is 5.75 Å². The van der Waals surface area contributed by atoms with E-state index >= 15 is 0 Å². The smallest absolute Gasteiger partial charge is 0.335 e. The molecule has 0 bridgehead atoms. The normalized spacial score (nSPS) is 29.8. The molecule has 0 unspecified atom stereocenters. The highest BCUT2D eigenvalue weighted by molar-refractivity contribution is 6.23. The quantitative estimate of drug-likeness (QED) is 0.301. The Morgan fingerprint density at radius 3 is 2.34 bits per heavy atom. The molecule has 0 radical (unpaired) electrons. The predicted molar refractivity (Wildman–Crippen MR) is 162 cm³/mol. The van der Waals surface area contributed by atoms with Gasteiger partial charge in [0, 0.05) is 17.2 Å². The van der Waals surface area contributed by atoms with Gasteiger partial charge in [0.05, 0.1) is 28.5 Å². The van der Waals surface area contributed by atoms with E-state index in [1.165, 1.54) is 18.2 Å². The van der Waals surface area contributed by atoms with Crippen LogP contribution in [0.25, 0.3) is 10.8 Å². The Bertz CT molecular complexity index is 1920. The summed E-state index contributed by atoms with van der Waals surface area (Å²) in [7, 11) is 0. The van der Waals surface area contributed by atoms with Crippen molar-refractivity contribution in [2.45, 2.75) is 39.5 Å². The topological polar surface area (TPSA) is 129 Å². The highest BCUT2D eigenvalue weighted by Crippen LogP contribution is 2.63. The summed E-state index contributed by atoms with van der Waals surface area (Å²) >= 11 is 0. The number of phenols is 1. The van der Waals surface area contributed by atoms with Gasteiger partial charge in [-0.15, -0.1) is 0 Å². The first-order chi connectivity index (χ1) is 21.0. The Hall–Kier alpha value is -4.85. The van der Waals surface area contributed by atoms with Gasteiger partial charge in [0.15, 0.2) is 11.6 Å². The van der Waals surface area contributed by atoms with Gasteiger partial charge < -0.3 is 10.2 Å². The van der Waals surface area contributed by atoms with Crippen molar-refractivity contribution in [1.82, 2.24) is 0 Å². The van der Waals surface area contributed by atoms with E-state index in [-0.39, 0.29) is 41.4 Å². The van der Waals surface area contributed by atoms with Gasteiger partial charge in [0.25, 0.3) is 0 Å². The van der Waals surface area contributed by atoms with Crippen molar-refractivity contribution in [3.05, 3.63) is 94.6 Å². The zero-order valence-electron chi connectivity index (χ0n) is 24.5. The molecule has 1 saturated carbocycles. The number of Topliss-reactive ketones (excluding diaryl/α,β-unsaturated/α-hetero) is 2. The van der Waals surface area contributed by atoms with Crippen LogP contribution in [0.3, 0.4) is 0 Å². The minimum Gasteiger partial charge on any atom is -0.507 e. The lowest BCUT2D eigenvalue weighted by Crippen LogP contribution is -2.55. The number of benzene rings is 3. The van der Waals surface area contributed by atoms with E-state index in [1.807, 2.05) is 43.3 Å². The van der Waals surface area contributed by atoms with Crippen LogP contribution in [-0.4, -0.2) is 39.6 Å². The number of aromatic carboxylic acids is 1. The SMILES string of the molecule is CC1=C(C)C(=O)[C@@]2(C)[C@@H](c3ccc(O)c4ccccc34)C3=CC[C@@H]4C(=O)N(c5cccc(C(=O)O)c5)C(=O)[C@@H]4[C@@H]3C[C@H]2C1=O. The van der Waals surface area contributed by atoms with Crippen LogP contribution in [0.4, 0.5) is 5.69 Å². The summed E-state index contributed by atoms with van der Waals surface area (Å²) in [5, 5.41) is 21.6. The number of carboxylic acid groups (broad SMARTS) is 1. The van der Waals surface area contributed by atoms with Gasteiger partial charge in [0.2, 0.25) is 11.8 Å². The number of carboxylic acids is 1. The summed E-state index contributed by atoms with van der Waals surface area (Å²) in [5.41, 5.74) is 1.53. The van der Waals surface area contributed by atoms with Crippen LogP contribution in [-0.2, 0) is 19.2 Å². The van der Waals surface area contributed by atoms with Gasteiger partial charge in [-0.25, -0.2) is 4.79 Å². The molecule has 44 heavy (non-hydrogen) atoms. The van der Waals surface area contributed by atoms with Crippen molar-refractivity contribution in [2.24, 2.45) is 29.1 Å². The molecule has 3 aliphatic carbocycles. The summed E-state index contributed by atoms with van der Waals surface area (Å²) in [6, 6.07) is 16.6. The molecule has 7 rings (SSSR count). The average Bonchev–Trinajstić information content (AvgIpc) is 3.28. The molecule has 222 valence electrons. The maximum Gasteiger partial charge on any atom is 0.335 e. The van der Waals surface area contributed by atoms with Crippen molar-refractivity contribution in [1.29, 1.82) is 0 Å². The first-order valence-electron chi connectivity index (χ1n) is 14.8. The molecular weight excluding hydrogens is 558 g/mol. The standard InChI is InChI=1S/C36H31NO7/c1-17-18(2)32(40)36(3)27(31(17)39)16-26-24(30(36)23-13-14-28(38)22-10-5-4-9-21(22)23)11-12-25-29(26)34(42)37(33(25)41)20-8-6-7-19(15-20)35(43)44/h4-11,13-15,25-27,29-30,38H,12,16H2,1-3H3,(H,43,44)/t25-,26+,27-,29-,30-,36+/m0/s1. The molecular formula is C36H31NO7. The minimum atomic E-state index is -1.16. The first kappa shape index (κ1) is 28.0. The van der Waals surface area contributed by atoms with Gasteiger partial charge in [-0.1, -0.05) is 55.0 Å². The van der Waals surface area contributed by atoms with Gasteiger partial charge in [0.1, 0.15) is 5.75 Å². The van der Waals surface area contributed by atoms with E-state index < -0.39 is 52.8 Å². The average molecular weight is 590 g/mol. The van der Waals surface area contributed by atoms with Gasteiger partial charge in [-0.2, -0.15) is 0 Å². The van der Waals surface area contributed by atoms with Crippen LogP contribution >= 0.6 is 0 Å². The molecule has 8 heteroatoms. The van der Waals surface area contributed by atoms with Crippen molar-refractivity contribution < 1.29 is 34.2 Å².